The van der Waals surface area contributed by atoms with E-state index in [0.29, 0.717) is 23.1 Å². The first-order chi connectivity index (χ1) is 16.5. The van der Waals surface area contributed by atoms with Crippen LogP contribution in [0.3, 0.4) is 0 Å². The van der Waals surface area contributed by atoms with Gasteiger partial charge in [0, 0.05) is 28.8 Å². The number of methoxy groups -OCH3 is 1. The summed E-state index contributed by atoms with van der Waals surface area (Å²) in [5, 5.41) is 5.50. The number of benzene rings is 2. The average Bonchev–Trinajstić information content (AvgIpc) is 3.28. The molecule has 0 aliphatic heterocycles. The number of carbonyl (C=O) groups is 1. The Balaban J connectivity index is 1.53. The number of anilines is 1. The van der Waals surface area contributed by atoms with Gasteiger partial charge >= 0.3 is 5.97 Å². The largest absolute Gasteiger partial charge is 0.469 e. The highest BCUT2D eigenvalue weighted by Crippen LogP contribution is 2.32. The molecule has 3 aromatic heterocycles. The van der Waals surface area contributed by atoms with Crippen LogP contribution in [-0.4, -0.2) is 32.7 Å². The lowest BCUT2D eigenvalue weighted by molar-refractivity contribution is -0.139. The van der Waals surface area contributed by atoms with E-state index in [-0.39, 0.29) is 12.4 Å². The molecule has 0 spiro atoms. The van der Waals surface area contributed by atoms with Crippen LogP contribution in [0.2, 0.25) is 0 Å². The van der Waals surface area contributed by atoms with E-state index >= 15 is 0 Å². The number of para-hydroxylation sites is 1. The molecule has 0 saturated carbocycles. The molecule has 0 amide bonds. The molecule has 0 aliphatic rings. The quantitative estimate of drug-likeness (QED) is 0.258. The van der Waals surface area contributed by atoms with Crippen LogP contribution in [0.1, 0.15) is 5.56 Å². The van der Waals surface area contributed by atoms with Gasteiger partial charge in [-0.15, -0.1) is 0 Å². The highest BCUT2D eigenvalue weighted by molar-refractivity contribution is 8.00. The van der Waals surface area contributed by atoms with E-state index in [0.717, 1.165) is 27.6 Å². The van der Waals surface area contributed by atoms with E-state index in [1.54, 1.807) is 47.2 Å². The van der Waals surface area contributed by atoms with Crippen molar-refractivity contribution >= 4 is 54.0 Å². The first kappa shape index (κ1) is 22.1. The van der Waals surface area contributed by atoms with Gasteiger partial charge in [-0.1, -0.05) is 56.0 Å². The predicted molar refractivity (Wildman–Crippen MR) is 136 cm³/mol. The summed E-state index contributed by atoms with van der Waals surface area (Å²) < 4.78 is 13.7. The molecule has 0 atom stereocenters. The number of pyridine rings is 1. The molecule has 2 aromatic carbocycles. The number of hydrogen-bond acceptors (Lipinski definition) is 9. The van der Waals surface area contributed by atoms with E-state index in [1.165, 1.54) is 10.8 Å². The summed E-state index contributed by atoms with van der Waals surface area (Å²) in [6.45, 7) is 0. The molecule has 0 fully saturated rings. The molecule has 10 heteroatoms. The average molecular weight is 490 g/mol. The molecule has 3 heterocycles. The molecular formula is C24H19N5O3S2. The number of hydrogen-bond donors (Lipinski definition) is 2. The smallest absolute Gasteiger partial charge is 0.309 e. The molecule has 0 aliphatic carbocycles. The number of rotatable bonds is 6. The third-order valence-electron chi connectivity index (χ3n) is 5.26. The Bertz CT molecular complexity index is 1500. The molecule has 0 bridgehead atoms. The van der Waals surface area contributed by atoms with Crippen molar-refractivity contribution in [2.45, 2.75) is 6.42 Å². The molecule has 0 N–H and O–H groups in total. The Labute approximate surface area is 206 Å². The van der Waals surface area contributed by atoms with Crippen LogP contribution in [0.15, 0.2) is 73.1 Å². The maximum Gasteiger partial charge on any atom is 0.309 e. The molecule has 170 valence electrons. The van der Waals surface area contributed by atoms with Gasteiger partial charge in [0.05, 0.1) is 25.2 Å². The van der Waals surface area contributed by atoms with Crippen molar-refractivity contribution in [3.63, 3.8) is 0 Å². The molecule has 0 saturated heterocycles. The van der Waals surface area contributed by atoms with Crippen LogP contribution >= 0.6 is 25.6 Å². The molecular weight excluding hydrogens is 470 g/mol. The number of fused-ring (bicyclic) bond motifs is 2. The Morgan fingerprint density at radius 2 is 1.85 bits per heavy atom. The molecule has 5 aromatic rings. The van der Waals surface area contributed by atoms with Crippen molar-refractivity contribution in [3.05, 3.63) is 78.6 Å². The Morgan fingerprint density at radius 3 is 2.62 bits per heavy atom. The van der Waals surface area contributed by atoms with Gasteiger partial charge in [0.1, 0.15) is 5.75 Å². The summed E-state index contributed by atoms with van der Waals surface area (Å²) in [4.78, 5) is 20.7. The lowest BCUT2D eigenvalue weighted by Gasteiger charge is -2.14. The number of thiol groups is 2. The number of esters is 1. The molecule has 0 unspecified atom stereocenters. The fraction of sp³-hybridized carbons (Fsp3) is 0.0833. The summed E-state index contributed by atoms with van der Waals surface area (Å²) in [6, 6.07) is 18.8. The fourth-order valence-electron chi connectivity index (χ4n) is 3.58. The fourth-order valence-corrected chi connectivity index (χ4v) is 3.86. The van der Waals surface area contributed by atoms with Gasteiger partial charge in [-0.25, -0.2) is 3.71 Å². The van der Waals surface area contributed by atoms with E-state index in [2.05, 4.69) is 35.7 Å². The molecule has 8 nitrogen and oxygen atoms in total. The maximum absolute atomic E-state index is 11.5. The minimum Gasteiger partial charge on any atom is -0.469 e. The third-order valence-corrected chi connectivity index (χ3v) is 5.67. The second-order valence-electron chi connectivity index (χ2n) is 7.45. The van der Waals surface area contributed by atoms with Crippen LogP contribution < -0.4 is 8.45 Å². The van der Waals surface area contributed by atoms with E-state index in [1.807, 2.05) is 30.3 Å². The summed E-state index contributed by atoms with van der Waals surface area (Å²) in [7, 11) is 1.37. The first-order valence-corrected chi connectivity index (χ1v) is 11.1. The summed E-state index contributed by atoms with van der Waals surface area (Å²) in [5.74, 6) is 1.15. The zero-order valence-corrected chi connectivity index (χ0v) is 19.8. The van der Waals surface area contributed by atoms with E-state index < -0.39 is 0 Å². The van der Waals surface area contributed by atoms with Crippen LogP contribution in [0.4, 0.5) is 5.82 Å². The van der Waals surface area contributed by atoms with Gasteiger partial charge in [-0.2, -0.15) is 14.6 Å². The lowest BCUT2D eigenvalue weighted by Crippen LogP contribution is -2.05. The Morgan fingerprint density at radius 1 is 1.06 bits per heavy atom. The topological polar surface area (TPSA) is 81.9 Å². The van der Waals surface area contributed by atoms with Crippen LogP contribution in [0, 0.1) is 0 Å². The minimum atomic E-state index is -0.301. The molecule has 5 rings (SSSR count). The van der Waals surface area contributed by atoms with Gasteiger partial charge < -0.3 is 9.47 Å². The minimum absolute atomic E-state index is 0.193. The summed E-state index contributed by atoms with van der Waals surface area (Å²) in [5.41, 5.74) is 3.97. The molecule has 0 radical (unpaired) electrons. The molecule has 34 heavy (non-hydrogen) atoms. The first-order valence-electron chi connectivity index (χ1n) is 10.3. The standard InChI is InChI=1S/C24H19N5O3S2/c1-31-23(30)10-15-6-8-18(9-7-15)32-21-12-22(29(33)34)28-24(27-21)19(14-26-28)17-11-16-4-2-3-5-20(16)25-13-17/h2-9,11-14,33-34H,10H2,1H3. The van der Waals surface area contributed by atoms with Crippen LogP contribution in [0.5, 0.6) is 11.6 Å². The number of nitrogens with zero attached hydrogens (tertiary/aromatic N) is 5. The van der Waals surface area contributed by atoms with Gasteiger partial charge in [-0.05, 0) is 29.8 Å². The lowest BCUT2D eigenvalue weighted by atomic mass is 10.1. The third kappa shape index (κ3) is 4.37. The van der Waals surface area contributed by atoms with Gasteiger partial charge in [0.2, 0.25) is 5.88 Å². The van der Waals surface area contributed by atoms with Gasteiger partial charge in [0.15, 0.2) is 11.5 Å². The zero-order chi connectivity index (χ0) is 23.7. The van der Waals surface area contributed by atoms with Crippen molar-refractivity contribution in [1.29, 1.82) is 0 Å². The van der Waals surface area contributed by atoms with Crippen molar-refractivity contribution in [2.75, 3.05) is 10.8 Å². The Kier molecular flexibility index (Phi) is 5.99. The van der Waals surface area contributed by atoms with Crippen LogP contribution in [-0.2, 0) is 16.0 Å². The zero-order valence-electron chi connectivity index (χ0n) is 18.0. The van der Waals surface area contributed by atoms with Crippen molar-refractivity contribution < 1.29 is 14.3 Å². The number of aromatic nitrogens is 4. The second kappa shape index (κ2) is 9.24. The van der Waals surface area contributed by atoms with E-state index in [4.69, 9.17) is 14.5 Å². The number of ether oxygens (including phenoxy) is 2. The van der Waals surface area contributed by atoms with Crippen LogP contribution in [0.25, 0.3) is 27.7 Å². The normalized spacial score (nSPS) is 11.0. The SMILES string of the molecule is COC(=O)Cc1ccc(Oc2cc(N(S)S)n3ncc(-c4cnc5ccccc5c4)c3n2)cc1. The van der Waals surface area contributed by atoms with Crippen molar-refractivity contribution in [3.8, 4) is 22.8 Å². The highest BCUT2D eigenvalue weighted by atomic mass is 32.2. The predicted octanol–water partition coefficient (Wildman–Crippen LogP) is 4.95. The monoisotopic (exact) mass is 489 g/mol. The summed E-state index contributed by atoms with van der Waals surface area (Å²) in [6.07, 6.45) is 3.72. The van der Waals surface area contributed by atoms with Crippen molar-refractivity contribution in [2.24, 2.45) is 0 Å². The summed E-state index contributed by atoms with van der Waals surface area (Å²) >= 11 is 8.67. The van der Waals surface area contributed by atoms with Gasteiger partial charge in [-0.3, -0.25) is 9.78 Å². The highest BCUT2D eigenvalue weighted by Gasteiger charge is 2.17. The second-order valence-corrected chi connectivity index (χ2v) is 8.57. The Hall–Kier alpha value is -3.76. The van der Waals surface area contributed by atoms with Gasteiger partial charge in [0.25, 0.3) is 0 Å². The van der Waals surface area contributed by atoms with E-state index in [9.17, 15) is 4.79 Å². The maximum atomic E-state index is 11.5. The number of carbonyl (C=O) groups excluding carboxylic acids is 1. The van der Waals surface area contributed by atoms with Crippen molar-refractivity contribution in [1.82, 2.24) is 19.6 Å².